The van der Waals surface area contributed by atoms with Gasteiger partial charge in [-0.1, -0.05) is 30.5 Å². The van der Waals surface area contributed by atoms with Crippen LogP contribution in [0.3, 0.4) is 0 Å². The molecule has 3 aromatic rings. The highest BCUT2D eigenvalue weighted by atomic mass is 35.5. The van der Waals surface area contributed by atoms with E-state index in [1.54, 1.807) is 12.1 Å². The molecule has 0 saturated heterocycles. The molecule has 0 unspecified atom stereocenters. The zero-order valence-electron chi connectivity index (χ0n) is 18.1. The molecule has 1 atom stereocenters. The molecule has 8 heteroatoms. The van der Waals surface area contributed by atoms with Gasteiger partial charge in [0.1, 0.15) is 11.0 Å². The van der Waals surface area contributed by atoms with E-state index < -0.39 is 5.97 Å². The molecule has 32 heavy (non-hydrogen) atoms. The lowest BCUT2D eigenvalue weighted by molar-refractivity contribution is 0.0691. The zero-order chi connectivity index (χ0) is 22.6. The summed E-state index contributed by atoms with van der Waals surface area (Å²) in [5, 5.41) is 13.5. The quantitative estimate of drug-likeness (QED) is 0.550. The standard InChI is InChI=1S/C24H25ClN4O3/c1-13-11-15(14(2)26-17-5-6-18(25)27-20(17)22(31)32)19-16(12-13)21(30)29-10-9-24(23(29)28-19)7-3-4-8-24/h5-6,11-12,14,26H,3-4,7-10H2,1-2H3,(H,31,32)/t14-/m1/s1. The third-order valence-electron chi connectivity index (χ3n) is 6.98. The van der Waals surface area contributed by atoms with Crippen LogP contribution in [0.4, 0.5) is 5.69 Å². The van der Waals surface area contributed by atoms with E-state index in [1.807, 2.05) is 30.5 Å². The molecule has 1 fully saturated rings. The number of aromatic carboxylic acids is 1. The number of nitrogens with zero attached hydrogens (tertiary/aromatic N) is 3. The molecule has 3 heterocycles. The summed E-state index contributed by atoms with van der Waals surface area (Å²) in [6.07, 6.45) is 5.49. The van der Waals surface area contributed by atoms with E-state index in [4.69, 9.17) is 16.6 Å². The molecule has 1 aromatic carbocycles. The number of carboxylic acid groups (broad SMARTS) is 1. The number of anilines is 1. The van der Waals surface area contributed by atoms with Crippen LogP contribution >= 0.6 is 11.6 Å². The molecule has 2 N–H and O–H groups in total. The van der Waals surface area contributed by atoms with Crippen LogP contribution in [0.2, 0.25) is 5.15 Å². The van der Waals surface area contributed by atoms with E-state index in [0.717, 1.165) is 42.8 Å². The number of carboxylic acids is 1. The van der Waals surface area contributed by atoms with E-state index in [1.165, 1.54) is 12.8 Å². The molecule has 0 amide bonds. The van der Waals surface area contributed by atoms with Gasteiger partial charge in [0, 0.05) is 17.5 Å². The van der Waals surface area contributed by atoms with E-state index in [-0.39, 0.29) is 27.9 Å². The van der Waals surface area contributed by atoms with Crippen molar-refractivity contribution in [2.45, 2.75) is 64.0 Å². The lowest BCUT2D eigenvalue weighted by Crippen LogP contribution is -2.27. The first-order chi connectivity index (χ1) is 15.3. The second kappa shape index (κ2) is 7.59. The normalized spacial score (nSPS) is 17.6. The second-order valence-corrected chi connectivity index (χ2v) is 9.47. The van der Waals surface area contributed by atoms with Gasteiger partial charge in [-0.05, 0) is 56.9 Å². The Balaban J connectivity index is 1.64. The number of hydrogen-bond acceptors (Lipinski definition) is 5. The van der Waals surface area contributed by atoms with Gasteiger partial charge in [0.25, 0.3) is 5.56 Å². The van der Waals surface area contributed by atoms with Crippen LogP contribution in [0, 0.1) is 6.92 Å². The zero-order valence-corrected chi connectivity index (χ0v) is 18.9. The number of benzene rings is 1. The number of carbonyl (C=O) groups is 1. The molecular weight excluding hydrogens is 428 g/mol. The number of aromatic nitrogens is 3. The van der Waals surface area contributed by atoms with Gasteiger partial charge in [-0.3, -0.25) is 9.36 Å². The maximum Gasteiger partial charge on any atom is 0.356 e. The third-order valence-corrected chi connectivity index (χ3v) is 7.19. The fraction of sp³-hybridized carbons (Fsp3) is 0.417. The van der Waals surface area contributed by atoms with Crippen molar-refractivity contribution in [1.29, 1.82) is 0 Å². The summed E-state index contributed by atoms with van der Waals surface area (Å²) in [7, 11) is 0. The number of halogens is 1. The maximum atomic E-state index is 13.4. The van der Waals surface area contributed by atoms with Crippen LogP contribution in [0.25, 0.3) is 10.9 Å². The summed E-state index contributed by atoms with van der Waals surface area (Å²) in [6, 6.07) is 6.79. The van der Waals surface area contributed by atoms with Crippen molar-refractivity contribution in [1.82, 2.24) is 14.5 Å². The summed E-state index contributed by atoms with van der Waals surface area (Å²) in [4.78, 5) is 34.1. The van der Waals surface area contributed by atoms with Crippen molar-refractivity contribution in [3.05, 3.63) is 62.4 Å². The molecule has 1 aliphatic carbocycles. The SMILES string of the molecule is Cc1cc([C@@H](C)Nc2ccc(Cl)nc2C(=O)O)c2nc3n(c(=O)c2c1)CCC31CCCC1. The molecule has 5 rings (SSSR count). The fourth-order valence-electron chi connectivity index (χ4n) is 5.43. The van der Waals surface area contributed by atoms with Crippen LogP contribution in [0.1, 0.15) is 72.5 Å². The van der Waals surface area contributed by atoms with Crippen molar-refractivity contribution >= 4 is 34.2 Å². The molecule has 2 aliphatic rings. The first-order valence-corrected chi connectivity index (χ1v) is 11.4. The summed E-state index contributed by atoms with van der Waals surface area (Å²) < 4.78 is 1.88. The molecule has 1 aliphatic heterocycles. The number of aryl methyl sites for hydroxylation is 1. The van der Waals surface area contributed by atoms with Gasteiger partial charge < -0.3 is 10.4 Å². The number of fused-ring (bicyclic) bond motifs is 3. The third kappa shape index (κ3) is 3.26. The van der Waals surface area contributed by atoms with Crippen molar-refractivity contribution in [3.8, 4) is 0 Å². The van der Waals surface area contributed by atoms with Gasteiger partial charge in [-0.15, -0.1) is 0 Å². The van der Waals surface area contributed by atoms with Gasteiger partial charge >= 0.3 is 5.97 Å². The number of pyridine rings is 1. The molecule has 2 aromatic heterocycles. The van der Waals surface area contributed by atoms with Crippen molar-refractivity contribution in [3.63, 3.8) is 0 Å². The molecule has 1 spiro atoms. The Labute approximate surface area is 190 Å². The average Bonchev–Trinajstić information content (AvgIpc) is 3.37. The first-order valence-electron chi connectivity index (χ1n) is 11.0. The predicted octanol–water partition coefficient (Wildman–Crippen LogP) is 4.84. The molecular formula is C24H25ClN4O3. The van der Waals surface area contributed by atoms with Crippen molar-refractivity contribution in [2.75, 3.05) is 5.32 Å². The van der Waals surface area contributed by atoms with Crippen molar-refractivity contribution in [2.24, 2.45) is 0 Å². The summed E-state index contributed by atoms with van der Waals surface area (Å²) in [5.41, 5.74) is 2.79. The number of rotatable bonds is 4. The monoisotopic (exact) mass is 452 g/mol. The average molecular weight is 453 g/mol. The minimum absolute atomic E-state index is 0.0166. The highest BCUT2D eigenvalue weighted by molar-refractivity contribution is 6.29. The van der Waals surface area contributed by atoms with E-state index in [2.05, 4.69) is 10.3 Å². The fourth-order valence-corrected chi connectivity index (χ4v) is 5.58. The minimum Gasteiger partial charge on any atom is -0.476 e. The Kier molecular flexibility index (Phi) is 4.97. The smallest absolute Gasteiger partial charge is 0.356 e. The number of hydrogen-bond donors (Lipinski definition) is 2. The van der Waals surface area contributed by atoms with Gasteiger partial charge in [-0.25, -0.2) is 14.8 Å². The summed E-state index contributed by atoms with van der Waals surface area (Å²) in [6.45, 7) is 4.62. The van der Waals surface area contributed by atoms with Crippen LogP contribution < -0.4 is 10.9 Å². The lowest BCUT2D eigenvalue weighted by atomic mass is 9.84. The Morgan fingerprint density at radius 1 is 1.22 bits per heavy atom. The first kappa shape index (κ1) is 20.9. The Morgan fingerprint density at radius 2 is 1.97 bits per heavy atom. The Bertz CT molecular complexity index is 1310. The van der Waals surface area contributed by atoms with Crippen LogP contribution in [0.15, 0.2) is 29.1 Å². The Hall–Kier alpha value is -2.93. The minimum atomic E-state index is -1.16. The molecule has 1 saturated carbocycles. The molecule has 0 radical (unpaired) electrons. The van der Waals surface area contributed by atoms with Gasteiger partial charge in [0.2, 0.25) is 0 Å². The van der Waals surface area contributed by atoms with Crippen LogP contribution in [-0.2, 0) is 12.0 Å². The second-order valence-electron chi connectivity index (χ2n) is 9.08. The maximum absolute atomic E-state index is 13.4. The highest BCUT2D eigenvalue weighted by Gasteiger charge is 2.43. The Morgan fingerprint density at radius 3 is 2.69 bits per heavy atom. The van der Waals surface area contributed by atoms with E-state index >= 15 is 0 Å². The molecule has 0 bridgehead atoms. The number of nitrogens with one attached hydrogen (secondary N) is 1. The van der Waals surface area contributed by atoms with Crippen molar-refractivity contribution < 1.29 is 9.90 Å². The molecule has 166 valence electrons. The predicted molar refractivity (Wildman–Crippen MR) is 124 cm³/mol. The highest BCUT2D eigenvalue weighted by Crippen LogP contribution is 2.46. The van der Waals surface area contributed by atoms with E-state index in [9.17, 15) is 14.7 Å². The van der Waals surface area contributed by atoms with E-state index in [0.29, 0.717) is 16.6 Å². The lowest BCUT2D eigenvalue weighted by Gasteiger charge is -2.23. The summed E-state index contributed by atoms with van der Waals surface area (Å²) in [5.74, 6) is -0.238. The van der Waals surface area contributed by atoms with Gasteiger partial charge in [-0.2, -0.15) is 0 Å². The summed E-state index contributed by atoms with van der Waals surface area (Å²) >= 11 is 5.89. The van der Waals surface area contributed by atoms with Crippen LogP contribution in [-0.4, -0.2) is 25.6 Å². The van der Waals surface area contributed by atoms with Gasteiger partial charge in [0.05, 0.1) is 22.6 Å². The molecule has 7 nitrogen and oxygen atoms in total. The van der Waals surface area contributed by atoms with Gasteiger partial charge in [0.15, 0.2) is 5.69 Å². The largest absolute Gasteiger partial charge is 0.476 e. The van der Waals surface area contributed by atoms with Crippen LogP contribution in [0.5, 0.6) is 0 Å². The topological polar surface area (TPSA) is 97.1 Å².